The summed E-state index contributed by atoms with van der Waals surface area (Å²) in [5.74, 6) is 1.11. The van der Waals surface area contributed by atoms with E-state index in [1.54, 1.807) is 17.8 Å². The number of hydrogen-bond acceptors (Lipinski definition) is 9. The summed E-state index contributed by atoms with van der Waals surface area (Å²) in [6.45, 7) is 1.72. The minimum Gasteiger partial charge on any atom is -0.389 e. The first kappa shape index (κ1) is 15.4. The van der Waals surface area contributed by atoms with Crippen molar-refractivity contribution in [2.45, 2.75) is 37.0 Å². The fraction of sp³-hybridized carbons (Fsp3) is 0.500. The molecule has 0 saturated heterocycles. The highest BCUT2D eigenvalue weighted by molar-refractivity contribution is 14.1. The Labute approximate surface area is 154 Å². The molecule has 3 aromatic rings. The monoisotopic (exact) mass is 455 g/mol. The van der Waals surface area contributed by atoms with Gasteiger partial charge < -0.3 is 25.0 Å². The van der Waals surface area contributed by atoms with Gasteiger partial charge in [-0.05, 0) is 13.3 Å². The van der Waals surface area contributed by atoms with Crippen LogP contribution in [0.4, 0.5) is 5.82 Å². The summed E-state index contributed by atoms with van der Waals surface area (Å²) in [4.78, 5) is 17.1. The number of aromatic nitrogens is 6. The van der Waals surface area contributed by atoms with Crippen molar-refractivity contribution in [3.63, 3.8) is 0 Å². The van der Waals surface area contributed by atoms with Crippen LogP contribution < -0.4 is 5.73 Å². The van der Waals surface area contributed by atoms with Crippen LogP contribution in [0, 0.1) is 16.7 Å². The van der Waals surface area contributed by atoms with E-state index in [-0.39, 0.29) is 11.7 Å². The Morgan fingerprint density at radius 1 is 1.36 bits per heavy atom. The Kier molecular flexibility index (Phi) is 2.99. The topological polar surface area (TPSA) is 149 Å². The molecule has 25 heavy (non-hydrogen) atoms. The van der Waals surface area contributed by atoms with Crippen LogP contribution in [0.2, 0.25) is 0 Å². The molecule has 0 amide bonds. The largest absolute Gasteiger partial charge is 0.389 e. The quantitative estimate of drug-likeness (QED) is 0.357. The van der Waals surface area contributed by atoms with Crippen molar-refractivity contribution in [2.75, 3.05) is 5.73 Å². The molecule has 130 valence electrons. The van der Waals surface area contributed by atoms with Crippen molar-refractivity contribution in [3.05, 3.63) is 21.9 Å². The van der Waals surface area contributed by atoms with E-state index in [2.05, 4.69) is 25.1 Å². The van der Waals surface area contributed by atoms with E-state index in [0.717, 1.165) is 0 Å². The summed E-state index contributed by atoms with van der Waals surface area (Å²) in [5.41, 5.74) is 6.22. The smallest absolute Gasteiger partial charge is 0.235 e. The van der Waals surface area contributed by atoms with E-state index < -0.39 is 23.7 Å². The van der Waals surface area contributed by atoms with Crippen molar-refractivity contribution in [1.82, 2.24) is 29.7 Å². The van der Waals surface area contributed by atoms with Gasteiger partial charge in [-0.1, -0.05) is 5.16 Å². The predicted molar refractivity (Wildman–Crippen MR) is 92.3 cm³/mol. The Bertz CT molecular complexity index is 1000. The number of aliphatic hydroxyl groups is 2. The van der Waals surface area contributed by atoms with Crippen molar-refractivity contribution in [2.24, 2.45) is 5.92 Å². The lowest BCUT2D eigenvalue weighted by Crippen LogP contribution is -2.36. The fourth-order valence-electron chi connectivity index (χ4n) is 4.15. The van der Waals surface area contributed by atoms with Gasteiger partial charge in [-0.2, -0.15) is 4.98 Å². The van der Waals surface area contributed by atoms with Gasteiger partial charge in [0.25, 0.3) is 0 Å². The normalized spacial score (nSPS) is 33.8. The van der Waals surface area contributed by atoms with E-state index in [1.165, 1.54) is 0 Å². The molecule has 0 bridgehead atoms. The van der Waals surface area contributed by atoms with Crippen LogP contribution in [0.1, 0.15) is 24.2 Å². The van der Waals surface area contributed by atoms with E-state index >= 15 is 0 Å². The van der Waals surface area contributed by atoms with Gasteiger partial charge in [-0.25, -0.2) is 15.0 Å². The Morgan fingerprint density at radius 3 is 2.88 bits per heavy atom. The van der Waals surface area contributed by atoms with Gasteiger partial charge in [-0.3, -0.25) is 0 Å². The average molecular weight is 455 g/mol. The second kappa shape index (κ2) is 4.86. The summed E-state index contributed by atoms with van der Waals surface area (Å²) in [6.07, 6.45) is 0.226. The third kappa shape index (κ3) is 1.88. The van der Waals surface area contributed by atoms with E-state index in [4.69, 9.17) is 10.3 Å². The molecule has 4 N–H and O–H groups in total. The van der Waals surface area contributed by atoms with Crippen molar-refractivity contribution in [3.8, 4) is 0 Å². The van der Waals surface area contributed by atoms with Gasteiger partial charge in [0.2, 0.25) is 5.89 Å². The molecule has 5 atom stereocenters. The summed E-state index contributed by atoms with van der Waals surface area (Å²) >= 11 is 1.98. The van der Waals surface area contributed by atoms with Crippen molar-refractivity contribution >= 4 is 39.6 Å². The standard InChI is InChI=1S/C14H14IN7O3/c1-4-18-12(25-21-4)14-2-5(14)7(8(23)9(14)24)22-3-17-6-10(16)19-13(15)20-11(6)22/h3,5,7-9,23-24H,2H2,1H3,(H2,16,19,20)/t5-,7-,8+,9+,14+/m1/s1. The van der Waals surface area contributed by atoms with Gasteiger partial charge in [0.05, 0.1) is 23.9 Å². The van der Waals surface area contributed by atoms with E-state index in [0.29, 0.717) is 33.1 Å². The second-order valence-corrected chi connectivity index (χ2v) is 7.59. The molecule has 2 fully saturated rings. The van der Waals surface area contributed by atoms with Crippen LogP contribution in [0.5, 0.6) is 0 Å². The number of aryl methyl sites for hydroxylation is 1. The Morgan fingerprint density at radius 2 is 2.16 bits per heavy atom. The average Bonchev–Trinajstić information content (AvgIpc) is 2.83. The number of nitrogens with zero attached hydrogens (tertiary/aromatic N) is 6. The van der Waals surface area contributed by atoms with Gasteiger partial charge in [0.15, 0.2) is 21.1 Å². The third-order valence-electron chi connectivity index (χ3n) is 5.34. The molecule has 2 aliphatic carbocycles. The Balaban J connectivity index is 1.63. The molecule has 5 rings (SSSR count). The van der Waals surface area contributed by atoms with Crippen LogP contribution in [-0.2, 0) is 5.41 Å². The molecule has 0 aliphatic heterocycles. The number of nitrogen functional groups attached to an aromatic ring is 1. The van der Waals surface area contributed by atoms with E-state index in [9.17, 15) is 10.2 Å². The number of imidazole rings is 1. The minimum atomic E-state index is -1.00. The number of halogens is 1. The predicted octanol–water partition coefficient (Wildman–Crippen LogP) is -0.0611. The van der Waals surface area contributed by atoms with Crippen LogP contribution in [0.15, 0.2) is 10.9 Å². The van der Waals surface area contributed by atoms with Crippen LogP contribution in [0.3, 0.4) is 0 Å². The number of anilines is 1. The number of hydrogen-bond donors (Lipinski definition) is 3. The molecule has 3 heterocycles. The summed E-state index contributed by atoms with van der Waals surface area (Å²) in [6, 6.07) is -0.405. The van der Waals surface area contributed by atoms with Gasteiger partial charge in [0, 0.05) is 28.5 Å². The molecule has 0 aromatic carbocycles. The molecule has 11 heteroatoms. The van der Waals surface area contributed by atoms with Crippen LogP contribution in [-0.4, -0.2) is 52.1 Å². The fourth-order valence-corrected chi connectivity index (χ4v) is 4.63. The van der Waals surface area contributed by atoms with Gasteiger partial charge in [-0.15, -0.1) is 0 Å². The summed E-state index contributed by atoms with van der Waals surface area (Å²) in [5, 5.41) is 25.2. The van der Waals surface area contributed by atoms with Crippen LogP contribution in [0.25, 0.3) is 11.2 Å². The van der Waals surface area contributed by atoms with Crippen molar-refractivity contribution in [1.29, 1.82) is 0 Å². The lowest BCUT2D eigenvalue weighted by Gasteiger charge is -2.23. The minimum absolute atomic E-state index is 0.0522. The van der Waals surface area contributed by atoms with Gasteiger partial charge >= 0.3 is 0 Å². The molecule has 2 aliphatic rings. The first-order valence-corrected chi connectivity index (χ1v) is 8.84. The molecule has 0 radical (unpaired) electrons. The maximum atomic E-state index is 10.7. The zero-order valence-corrected chi connectivity index (χ0v) is 15.2. The summed E-state index contributed by atoms with van der Waals surface area (Å²) in [7, 11) is 0. The van der Waals surface area contributed by atoms with Gasteiger partial charge in [0.1, 0.15) is 11.6 Å². The SMILES string of the molecule is Cc1noc([C@@]23C[C@@H]2[C@@H](n2cnc4c(N)nc(I)nc42)[C@H](O)[C@@H]3O)n1. The van der Waals surface area contributed by atoms with Crippen LogP contribution >= 0.6 is 22.6 Å². The third-order valence-corrected chi connectivity index (χ3v) is 5.82. The maximum absolute atomic E-state index is 10.7. The molecule has 0 unspecified atom stereocenters. The molecule has 3 aromatic heterocycles. The summed E-state index contributed by atoms with van der Waals surface area (Å²) < 4.78 is 7.56. The molecular weight excluding hydrogens is 441 g/mol. The molecule has 0 spiro atoms. The molecule has 10 nitrogen and oxygen atoms in total. The molecular formula is C14H14IN7O3. The molecule has 2 saturated carbocycles. The zero-order chi connectivity index (χ0) is 17.5. The number of fused-ring (bicyclic) bond motifs is 2. The zero-order valence-electron chi connectivity index (χ0n) is 13.0. The van der Waals surface area contributed by atoms with E-state index in [1.807, 2.05) is 22.6 Å². The van der Waals surface area contributed by atoms with Crippen molar-refractivity contribution < 1.29 is 14.7 Å². The lowest BCUT2D eigenvalue weighted by molar-refractivity contribution is -0.00720. The highest BCUT2D eigenvalue weighted by Crippen LogP contribution is 2.68. The number of aliphatic hydroxyl groups excluding tert-OH is 2. The number of nitrogens with two attached hydrogens (primary N) is 1. The highest BCUT2D eigenvalue weighted by atomic mass is 127. The second-order valence-electron chi connectivity index (χ2n) is 6.63. The lowest BCUT2D eigenvalue weighted by atomic mass is 9.99. The first-order chi connectivity index (χ1) is 11.9. The maximum Gasteiger partial charge on any atom is 0.235 e. The highest BCUT2D eigenvalue weighted by Gasteiger charge is 2.75. The number of rotatable bonds is 2. The Hall–Kier alpha value is -1.86. The first-order valence-electron chi connectivity index (χ1n) is 7.76.